The van der Waals surface area contributed by atoms with Crippen molar-refractivity contribution in [3.8, 4) is 12.1 Å². The Morgan fingerprint density at radius 3 is 2.57 bits per heavy atom. The maximum Gasteiger partial charge on any atom is 0.176 e. The lowest BCUT2D eigenvalue weighted by Crippen LogP contribution is -2.33. The zero-order valence-corrected chi connectivity index (χ0v) is 12.1. The summed E-state index contributed by atoms with van der Waals surface area (Å²) < 4.78 is 1.72. The number of hydrogen-bond donors (Lipinski definition) is 1. The number of nitrogens with two attached hydrogens (primary N) is 1. The maximum atomic E-state index is 9.34. The number of aryl methyl sites for hydroxylation is 1. The first kappa shape index (κ1) is 14.8. The molecule has 0 saturated carbocycles. The van der Waals surface area contributed by atoms with E-state index in [9.17, 15) is 5.26 Å². The van der Waals surface area contributed by atoms with Crippen LogP contribution in [0.1, 0.15) is 41.9 Å². The van der Waals surface area contributed by atoms with E-state index in [0.717, 1.165) is 17.5 Å². The minimum absolute atomic E-state index is 0.138. The normalized spacial score (nSPS) is 13.2. The van der Waals surface area contributed by atoms with Crippen LogP contribution in [0.5, 0.6) is 0 Å². The SMILES string of the molecule is CCC(N)C(c1ccccc1C)n1cnc(C#N)c1C#N. The summed E-state index contributed by atoms with van der Waals surface area (Å²) in [7, 11) is 0. The molecule has 2 atom stereocenters. The molecule has 2 rings (SSSR count). The van der Waals surface area contributed by atoms with E-state index < -0.39 is 0 Å². The van der Waals surface area contributed by atoms with Crippen LogP contribution in [0.25, 0.3) is 0 Å². The summed E-state index contributed by atoms with van der Waals surface area (Å²) in [6, 6.07) is 11.6. The highest BCUT2D eigenvalue weighted by atomic mass is 15.1. The number of rotatable bonds is 4. The summed E-state index contributed by atoms with van der Waals surface area (Å²) in [6.45, 7) is 4.02. The second-order valence-electron chi connectivity index (χ2n) is 4.95. The predicted molar refractivity (Wildman–Crippen MR) is 79.2 cm³/mol. The molecule has 0 aliphatic heterocycles. The molecule has 0 bridgehead atoms. The largest absolute Gasteiger partial charge is 0.326 e. The maximum absolute atomic E-state index is 9.34. The molecule has 5 nitrogen and oxygen atoms in total. The Kier molecular flexibility index (Phi) is 4.37. The molecule has 1 heterocycles. The van der Waals surface area contributed by atoms with Gasteiger partial charge in [0.05, 0.1) is 12.4 Å². The second kappa shape index (κ2) is 6.21. The van der Waals surface area contributed by atoms with Gasteiger partial charge in [0, 0.05) is 6.04 Å². The van der Waals surface area contributed by atoms with Crippen LogP contribution in [0.4, 0.5) is 0 Å². The molecule has 5 heteroatoms. The van der Waals surface area contributed by atoms with Gasteiger partial charge in [-0.2, -0.15) is 10.5 Å². The number of nitriles is 2. The summed E-state index contributed by atoms with van der Waals surface area (Å²) in [6.07, 6.45) is 2.29. The molecule has 0 aliphatic carbocycles. The lowest BCUT2D eigenvalue weighted by molar-refractivity contribution is 0.454. The van der Waals surface area contributed by atoms with E-state index in [4.69, 9.17) is 11.0 Å². The molecule has 2 aromatic rings. The van der Waals surface area contributed by atoms with Gasteiger partial charge in [-0.05, 0) is 24.5 Å². The zero-order chi connectivity index (χ0) is 15.4. The van der Waals surface area contributed by atoms with Gasteiger partial charge in [0.2, 0.25) is 0 Å². The van der Waals surface area contributed by atoms with Gasteiger partial charge < -0.3 is 10.3 Å². The third-order valence-corrected chi connectivity index (χ3v) is 3.69. The lowest BCUT2D eigenvalue weighted by Gasteiger charge is -2.26. The summed E-state index contributed by atoms with van der Waals surface area (Å²) in [5.74, 6) is 0. The molecule has 1 aromatic carbocycles. The first-order valence-corrected chi connectivity index (χ1v) is 6.82. The number of benzene rings is 1. The number of aromatic nitrogens is 2. The minimum Gasteiger partial charge on any atom is -0.326 e. The molecule has 0 spiro atoms. The molecular weight excluding hydrogens is 262 g/mol. The number of hydrogen-bond acceptors (Lipinski definition) is 4. The molecule has 0 amide bonds. The standard InChI is InChI=1S/C16H17N5/c1-3-13(19)16(12-7-5-4-6-11(12)2)21-10-20-14(8-17)15(21)9-18/h4-7,10,13,16H,3,19H2,1-2H3. The highest BCUT2D eigenvalue weighted by molar-refractivity contribution is 5.39. The third-order valence-electron chi connectivity index (χ3n) is 3.69. The summed E-state index contributed by atoms with van der Waals surface area (Å²) in [5, 5.41) is 18.4. The molecule has 106 valence electrons. The van der Waals surface area contributed by atoms with Gasteiger partial charge in [0.1, 0.15) is 12.1 Å². The summed E-state index contributed by atoms with van der Waals surface area (Å²) in [4.78, 5) is 4.02. The fraction of sp³-hybridized carbons (Fsp3) is 0.312. The average Bonchev–Trinajstić information content (AvgIpc) is 2.91. The Morgan fingerprint density at radius 1 is 1.29 bits per heavy atom. The molecule has 2 N–H and O–H groups in total. The van der Waals surface area contributed by atoms with Crippen molar-refractivity contribution in [2.24, 2.45) is 5.73 Å². The van der Waals surface area contributed by atoms with Crippen molar-refractivity contribution in [1.29, 1.82) is 10.5 Å². The van der Waals surface area contributed by atoms with Gasteiger partial charge >= 0.3 is 0 Å². The topological polar surface area (TPSA) is 91.4 Å². The van der Waals surface area contributed by atoms with Crippen molar-refractivity contribution in [1.82, 2.24) is 9.55 Å². The van der Waals surface area contributed by atoms with Crippen molar-refractivity contribution in [2.75, 3.05) is 0 Å². The predicted octanol–water partition coefficient (Wildman–Crippen LogP) is 2.26. The first-order chi connectivity index (χ1) is 10.1. The highest BCUT2D eigenvalue weighted by Crippen LogP contribution is 2.27. The van der Waals surface area contributed by atoms with Gasteiger partial charge in [0.15, 0.2) is 11.4 Å². The molecule has 21 heavy (non-hydrogen) atoms. The van der Waals surface area contributed by atoms with E-state index in [1.165, 1.54) is 6.33 Å². The van der Waals surface area contributed by atoms with Crippen LogP contribution in [-0.2, 0) is 0 Å². The van der Waals surface area contributed by atoms with Crippen LogP contribution < -0.4 is 5.73 Å². The average molecular weight is 279 g/mol. The van der Waals surface area contributed by atoms with E-state index >= 15 is 0 Å². The molecule has 0 radical (unpaired) electrons. The van der Waals surface area contributed by atoms with Crippen LogP contribution in [0.3, 0.4) is 0 Å². The lowest BCUT2D eigenvalue weighted by atomic mass is 9.94. The smallest absolute Gasteiger partial charge is 0.176 e. The third kappa shape index (κ3) is 2.65. The van der Waals surface area contributed by atoms with Gasteiger partial charge in [0.25, 0.3) is 0 Å². The van der Waals surface area contributed by atoms with Crippen LogP contribution in [-0.4, -0.2) is 15.6 Å². The fourth-order valence-electron chi connectivity index (χ4n) is 2.49. The number of imidazole rings is 1. The van der Waals surface area contributed by atoms with Gasteiger partial charge in [-0.25, -0.2) is 4.98 Å². The molecular formula is C16H17N5. The van der Waals surface area contributed by atoms with Gasteiger partial charge in [-0.1, -0.05) is 31.2 Å². The fourth-order valence-corrected chi connectivity index (χ4v) is 2.49. The molecule has 1 aromatic heterocycles. The van der Waals surface area contributed by atoms with Crippen molar-refractivity contribution in [3.05, 3.63) is 53.1 Å². The van der Waals surface area contributed by atoms with Crippen LogP contribution in [0, 0.1) is 29.6 Å². The Hall–Kier alpha value is -2.63. The highest BCUT2D eigenvalue weighted by Gasteiger charge is 2.25. The van der Waals surface area contributed by atoms with Crippen molar-refractivity contribution in [3.63, 3.8) is 0 Å². The van der Waals surface area contributed by atoms with E-state index in [2.05, 4.69) is 11.1 Å². The van der Waals surface area contributed by atoms with Crippen molar-refractivity contribution >= 4 is 0 Å². The quantitative estimate of drug-likeness (QED) is 0.929. The number of nitrogens with zero attached hydrogens (tertiary/aromatic N) is 4. The van der Waals surface area contributed by atoms with E-state index in [1.807, 2.05) is 44.2 Å². The zero-order valence-electron chi connectivity index (χ0n) is 12.1. The Morgan fingerprint density at radius 2 is 2.00 bits per heavy atom. The van der Waals surface area contributed by atoms with Crippen LogP contribution >= 0.6 is 0 Å². The van der Waals surface area contributed by atoms with E-state index in [0.29, 0.717) is 0 Å². The Bertz CT molecular complexity index is 717. The van der Waals surface area contributed by atoms with E-state index in [1.54, 1.807) is 4.57 Å². The second-order valence-corrected chi connectivity index (χ2v) is 4.95. The molecule has 0 saturated heterocycles. The summed E-state index contributed by atoms with van der Waals surface area (Å²) >= 11 is 0. The van der Waals surface area contributed by atoms with E-state index in [-0.39, 0.29) is 23.5 Å². The Balaban J connectivity index is 2.64. The van der Waals surface area contributed by atoms with Crippen LogP contribution in [0.15, 0.2) is 30.6 Å². The molecule has 0 fully saturated rings. The summed E-state index contributed by atoms with van der Waals surface area (Å²) in [5.41, 5.74) is 8.83. The molecule has 0 aliphatic rings. The first-order valence-electron chi connectivity index (χ1n) is 6.82. The Labute approximate surface area is 124 Å². The minimum atomic E-state index is -0.208. The molecule has 2 unspecified atom stereocenters. The van der Waals surface area contributed by atoms with Crippen molar-refractivity contribution in [2.45, 2.75) is 32.4 Å². The van der Waals surface area contributed by atoms with Gasteiger partial charge in [-0.3, -0.25) is 0 Å². The van der Waals surface area contributed by atoms with Crippen molar-refractivity contribution < 1.29 is 0 Å². The van der Waals surface area contributed by atoms with Crippen LogP contribution in [0.2, 0.25) is 0 Å². The monoisotopic (exact) mass is 279 g/mol. The van der Waals surface area contributed by atoms with Gasteiger partial charge in [-0.15, -0.1) is 0 Å².